The highest BCUT2D eigenvalue weighted by molar-refractivity contribution is 6.03. The van der Waals surface area contributed by atoms with Crippen LogP contribution in [0.5, 0.6) is 11.5 Å². The van der Waals surface area contributed by atoms with Crippen LogP contribution >= 0.6 is 0 Å². The molecule has 1 heterocycles. The highest BCUT2D eigenvalue weighted by Crippen LogP contribution is 2.30. The topological polar surface area (TPSA) is 104 Å². The normalized spacial score (nSPS) is 10.7. The third-order valence-corrected chi connectivity index (χ3v) is 4.04. The first-order valence-corrected chi connectivity index (χ1v) is 8.98. The van der Waals surface area contributed by atoms with Crippen molar-refractivity contribution < 1.29 is 41.2 Å². The summed E-state index contributed by atoms with van der Waals surface area (Å²) >= 11 is 0. The van der Waals surface area contributed by atoms with Gasteiger partial charge < -0.3 is 19.2 Å². The number of nitro groups is 1. The van der Waals surface area contributed by atoms with Crippen LogP contribution in [-0.4, -0.2) is 17.4 Å². The van der Waals surface area contributed by atoms with E-state index in [9.17, 15) is 32.5 Å². The summed E-state index contributed by atoms with van der Waals surface area (Å²) < 4.78 is 68.8. The van der Waals surface area contributed by atoms with E-state index >= 15 is 0 Å². The summed E-state index contributed by atoms with van der Waals surface area (Å²) in [6, 6.07) is 6.27. The van der Waals surface area contributed by atoms with E-state index in [1.807, 2.05) is 0 Å². The first kappa shape index (κ1) is 22.6. The number of ether oxygens (including phenoxy) is 2. The highest BCUT2D eigenvalue weighted by atomic mass is 19.2. The Balaban J connectivity index is 1.73. The molecule has 3 aromatic rings. The number of benzene rings is 2. The van der Waals surface area contributed by atoms with Crippen molar-refractivity contribution in [2.24, 2.45) is 0 Å². The Morgan fingerprint density at radius 1 is 1.06 bits per heavy atom. The highest BCUT2D eigenvalue weighted by Gasteiger charge is 2.22. The summed E-state index contributed by atoms with van der Waals surface area (Å²) in [6.45, 7) is 1.33. The van der Waals surface area contributed by atoms with Crippen LogP contribution in [0.25, 0.3) is 0 Å². The average Bonchev–Trinajstić information content (AvgIpc) is 3.22. The van der Waals surface area contributed by atoms with Crippen molar-refractivity contribution in [2.45, 2.75) is 13.5 Å². The summed E-state index contributed by atoms with van der Waals surface area (Å²) in [4.78, 5) is 22.9. The molecule has 0 radical (unpaired) electrons. The predicted octanol–water partition coefficient (Wildman–Crippen LogP) is 4.97. The maximum Gasteiger partial charge on any atom is 0.296 e. The van der Waals surface area contributed by atoms with Gasteiger partial charge in [-0.3, -0.25) is 14.9 Å². The number of carbonyl (C=O) groups is 1. The first-order valence-electron chi connectivity index (χ1n) is 8.98. The Morgan fingerprint density at radius 3 is 2.38 bits per heavy atom. The molecule has 168 valence electrons. The van der Waals surface area contributed by atoms with Crippen LogP contribution in [0.2, 0.25) is 0 Å². The second-order valence-corrected chi connectivity index (χ2v) is 6.18. The van der Waals surface area contributed by atoms with Gasteiger partial charge in [-0.15, -0.1) is 0 Å². The van der Waals surface area contributed by atoms with Crippen molar-refractivity contribution in [1.29, 1.82) is 0 Å². The molecule has 1 N–H and O–H groups in total. The fourth-order valence-corrected chi connectivity index (χ4v) is 2.61. The second kappa shape index (κ2) is 9.37. The molecule has 0 aliphatic rings. The Morgan fingerprint density at radius 2 is 1.75 bits per heavy atom. The number of nitrogens with one attached hydrogen (secondary N) is 1. The molecule has 8 nitrogen and oxygen atoms in total. The standard InChI is InChI=1S/C20H14F4N2O6/c1-2-30-10-3-5-14(15(7-10)26(28)29)25-20(27)16-6-4-11(32-16)9-31-19-17(23)12(21)8-13(22)18(19)24/h3-8H,2,9H2,1H3,(H,25,27). The molecule has 0 aliphatic carbocycles. The van der Waals surface area contributed by atoms with Crippen LogP contribution in [0.15, 0.2) is 40.8 Å². The molecule has 0 saturated carbocycles. The number of carbonyl (C=O) groups excluding carboxylic acids is 1. The Hall–Kier alpha value is -4.09. The van der Waals surface area contributed by atoms with Gasteiger partial charge in [0.25, 0.3) is 11.6 Å². The van der Waals surface area contributed by atoms with Gasteiger partial charge in [-0.2, -0.15) is 8.78 Å². The molecule has 1 aromatic heterocycles. The quantitative estimate of drug-likeness (QED) is 0.223. The van der Waals surface area contributed by atoms with Crippen LogP contribution in [0, 0.1) is 33.4 Å². The first-order chi connectivity index (χ1) is 15.2. The number of halogens is 4. The van der Waals surface area contributed by atoms with Crippen LogP contribution in [0.4, 0.5) is 28.9 Å². The molecule has 2 aromatic carbocycles. The van der Waals surface area contributed by atoms with E-state index in [0.29, 0.717) is 0 Å². The Bertz CT molecular complexity index is 1150. The minimum Gasteiger partial charge on any atom is -0.494 e. The van der Waals surface area contributed by atoms with Gasteiger partial charge >= 0.3 is 0 Å². The zero-order chi connectivity index (χ0) is 23.4. The van der Waals surface area contributed by atoms with E-state index in [4.69, 9.17) is 13.9 Å². The molecule has 12 heteroatoms. The molecule has 0 atom stereocenters. The van der Waals surface area contributed by atoms with Crippen molar-refractivity contribution in [3.05, 3.63) is 81.3 Å². The molecule has 0 saturated heterocycles. The van der Waals surface area contributed by atoms with Crippen LogP contribution in [0.1, 0.15) is 23.2 Å². The van der Waals surface area contributed by atoms with Crippen LogP contribution < -0.4 is 14.8 Å². The second-order valence-electron chi connectivity index (χ2n) is 6.18. The maximum absolute atomic E-state index is 13.6. The Kier molecular flexibility index (Phi) is 6.61. The number of hydrogen-bond donors (Lipinski definition) is 1. The smallest absolute Gasteiger partial charge is 0.296 e. The van der Waals surface area contributed by atoms with E-state index in [1.165, 1.54) is 24.3 Å². The van der Waals surface area contributed by atoms with Crippen molar-refractivity contribution in [3.8, 4) is 11.5 Å². The molecule has 0 aliphatic heterocycles. The monoisotopic (exact) mass is 454 g/mol. The number of furan rings is 1. The predicted molar refractivity (Wildman–Crippen MR) is 102 cm³/mol. The van der Waals surface area contributed by atoms with Gasteiger partial charge in [0.15, 0.2) is 23.1 Å². The fraction of sp³-hybridized carbons (Fsp3) is 0.150. The van der Waals surface area contributed by atoms with Gasteiger partial charge in [-0.25, -0.2) is 8.78 Å². The number of rotatable bonds is 8. The maximum atomic E-state index is 13.6. The third-order valence-electron chi connectivity index (χ3n) is 4.04. The van der Waals surface area contributed by atoms with Crippen molar-refractivity contribution in [2.75, 3.05) is 11.9 Å². The SMILES string of the molecule is CCOc1ccc(NC(=O)c2ccc(COc3c(F)c(F)cc(F)c3F)o2)c([N+](=O)[O-])c1. The minimum absolute atomic E-state index is 0.0347. The van der Waals surface area contributed by atoms with E-state index < -0.39 is 52.1 Å². The third kappa shape index (κ3) is 4.79. The van der Waals surface area contributed by atoms with E-state index in [-0.39, 0.29) is 35.6 Å². The lowest BCUT2D eigenvalue weighted by Gasteiger charge is -2.08. The lowest BCUT2D eigenvalue weighted by atomic mass is 10.2. The van der Waals surface area contributed by atoms with Crippen molar-refractivity contribution >= 4 is 17.3 Å². The van der Waals surface area contributed by atoms with Gasteiger partial charge in [-0.1, -0.05) is 0 Å². The van der Waals surface area contributed by atoms with Gasteiger partial charge in [0, 0.05) is 6.07 Å². The molecule has 0 unspecified atom stereocenters. The summed E-state index contributed by atoms with van der Waals surface area (Å²) in [5.41, 5.74) is -0.546. The number of amides is 1. The minimum atomic E-state index is -1.73. The molecular formula is C20H14F4N2O6. The summed E-state index contributed by atoms with van der Waals surface area (Å²) in [6.07, 6.45) is 0. The molecule has 32 heavy (non-hydrogen) atoms. The fourth-order valence-electron chi connectivity index (χ4n) is 2.61. The number of hydrogen-bond acceptors (Lipinski definition) is 6. The zero-order valence-corrected chi connectivity index (χ0v) is 16.3. The van der Waals surface area contributed by atoms with Gasteiger partial charge in [0.2, 0.25) is 11.6 Å². The van der Waals surface area contributed by atoms with Gasteiger partial charge in [-0.05, 0) is 31.2 Å². The molecule has 0 spiro atoms. The van der Waals surface area contributed by atoms with E-state index in [0.717, 1.165) is 6.07 Å². The molecule has 0 fully saturated rings. The number of nitrogens with zero attached hydrogens (tertiary/aromatic N) is 1. The van der Waals surface area contributed by atoms with Crippen LogP contribution in [-0.2, 0) is 6.61 Å². The lowest BCUT2D eigenvalue weighted by molar-refractivity contribution is -0.384. The summed E-state index contributed by atoms with van der Waals surface area (Å²) in [5, 5.41) is 13.6. The number of nitro benzene ring substituents is 1. The van der Waals surface area contributed by atoms with Crippen molar-refractivity contribution in [1.82, 2.24) is 0 Å². The van der Waals surface area contributed by atoms with Gasteiger partial charge in [0.05, 0.1) is 17.6 Å². The molecule has 1 amide bonds. The van der Waals surface area contributed by atoms with Crippen molar-refractivity contribution in [3.63, 3.8) is 0 Å². The Labute approximate surface area is 177 Å². The molecular weight excluding hydrogens is 440 g/mol. The summed E-state index contributed by atoms with van der Waals surface area (Å²) in [7, 11) is 0. The lowest BCUT2D eigenvalue weighted by Crippen LogP contribution is -2.12. The van der Waals surface area contributed by atoms with E-state index in [1.54, 1.807) is 6.92 Å². The van der Waals surface area contributed by atoms with Gasteiger partial charge in [0.1, 0.15) is 23.8 Å². The van der Waals surface area contributed by atoms with Crippen LogP contribution in [0.3, 0.4) is 0 Å². The van der Waals surface area contributed by atoms with E-state index in [2.05, 4.69) is 5.32 Å². The summed E-state index contributed by atoms with van der Waals surface area (Å²) in [5.74, 6) is -9.06. The molecule has 3 rings (SSSR count). The largest absolute Gasteiger partial charge is 0.494 e. The molecule has 0 bridgehead atoms. The average molecular weight is 454 g/mol. The number of anilines is 1. The zero-order valence-electron chi connectivity index (χ0n) is 16.3.